The average Bonchev–Trinajstić information content (AvgIpc) is 2.70. The highest BCUT2D eigenvalue weighted by Crippen LogP contribution is 2.28. The van der Waals surface area contributed by atoms with Gasteiger partial charge in [0, 0.05) is 11.8 Å². The molecule has 2 aromatic carbocycles. The first kappa shape index (κ1) is 21.4. The molecule has 0 aliphatic carbocycles. The normalized spacial score (nSPS) is 11.4. The molecule has 8 heteroatoms. The molecule has 0 spiro atoms. The number of nitrogens with one attached hydrogen (secondary N) is 1. The summed E-state index contributed by atoms with van der Waals surface area (Å²) in [7, 11) is 1.45. The molecule has 1 N–H and O–H groups in total. The van der Waals surface area contributed by atoms with E-state index in [1.165, 1.54) is 38.3 Å². The smallest absolute Gasteiger partial charge is 0.331 e. The molecule has 0 aromatic heterocycles. The third-order valence-corrected chi connectivity index (χ3v) is 3.65. The van der Waals surface area contributed by atoms with Crippen LogP contribution in [0.4, 0.5) is 10.1 Å². The lowest BCUT2D eigenvalue weighted by molar-refractivity contribution is -0.148. The maximum absolute atomic E-state index is 13.2. The fourth-order valence-electron chi connectivity index (χ4n) is 2.26. The van der Waals surface area contributed by atoms with Gasteiger partial charge in [0.25, 0.3) is 5.91 Å². The molecule has 0 aliphatic rings. The lowest BCUT2D eigenvalue weighted by atomic mass is 10.2. The second-order valence-corrected chi connectivity index (χ2v) is 5.77. The van der Waals surface area contributed by atoms with Crippen molar-refractivity contribution in [3.05, 3.63) is 59.9 Å². The predicted octanol–water partition coefficient (Wildman–Crippen LogP) is 3.32. The summed E-state index contributed by atoms with van der Waals surface area (Å²) in [4.78, 5) is 24.0. The van der Waals surface area contributed by atoms with Gasteiger partial charge in [-0.05, 0) is 48.9 Å². The van der Waals surface area contributed by atoms with Gasteiger partial charge in [0.15, 0.2) is 24.2 Å². The predicted molar refractivity (Wildman–Crippen MR) is 104 cm³/mol. The van der Waals surface area contributed by atoms with E-state index >= 15 is 0 Å². The molecule has 1 atom stereocenters. The number of halogens is 1. The van der Waals surface area contributed by atoms with Crippen LogP contribution in [0.15, 0.2) is 48.5 Å². The molecule has 29 heavy (non-hydrogen) atoms. The van der Waals surface area contributed by atoms with Gasteiger partial charge >= 0.3 is 5.97 Å². The zero-order chi connectivity index (χ0) is 21.2. The van der Waals surface area contributed by atoms with Gasteiger partial charge in [-0.15, -0.1) is 0 Å². The quantitative estimate of drug-likeness (QED) is 0.541. The van der Waals surface area contributed by atoms with Crippen molar-refractivity contribution >= 4 is 23.6 Å². The van der Waals surface area contributed by atoms with Gasteiger partial charge in [-0.1, -0.05) is 12.1 Å². The summed E-state index contributed by atoms with van der Waals surface area (Å²) in [6.45, 7) is 1.29. The summed E-state index contributed by atoms with van der Waals surface area (Å²) >= 11 is 0. The summed E-state index contributed by atoms with van der Waals surface area (Å²) < 4.78 is 28.6. The number of methoxy groups -OCH3 is 1. The van der Waals surface area contributed by atoms with Crippen LogP contribution in [0, 0.1) is 17.1 Å². The Morgan fingerprint density at radius 2 is 2.03 bits per heavy atom. The molecule has 0 aliphatic heterocycles. The summed E-state index contributed by atoms with van der Waals surface area (Å²) in [5, 5.41) is 11.0. The van der Waals surface area contributed by atoms with Gasteiger partial charge in [-0.25, -0.2) is 9.18 Å². The van der Waals surface area contributed by atoms with Crippen LogP contribution in [0.2, 0.25) is 0 Å². The Balaban J connectivity index is 1.94. The Hall–Kier alpha value is -3.86. The van der Waals surface area contributed by atoms with Crippen molar-refractivity contribution in [1.29, 1.82) is 5.26 Å². The number of hydrogen-bond donors (Lipinski definition) is 1. The molecule has 1 amide bonds. The van der Waals surface area contributed by atoms with Crippen LogP contribution in [0.5, 0.6) is 11.5 Å². The number of nitriles is 1. The monoisotopic (exact) mass is 398 g/mol. The Morgan fingerprint density at radius 3 is 2.72 bits per heavy atom. The summed E-state index contributed by atoms with van der Waals surface area (Å²) in [5.41, 5.74) is 0.888. The van der Waals surface area contributed by atoms with E-state index in [2.05, 4.69) is 5.32 Å². The first-order chi connectivity index (χ1) is 13.9. The summed E-state index contributed by atoms with van der Waals surface area (Å²) in [6, 6.07) is 12.1. The van der Waals surface area contributed by atoms with Gasteiger partial charge in [-0.2, -0.15) is 5.26 Å². The minimum Gasteiger partial charge on any atom is -0.493 e. The third kappa shape index (κ3) is 6.66. The number of benzene rings is 2. The van der Waals surface area contributed by atoms with Gasteiger partial charge in [0.2, 0.25) is 0 Å². The van der Waals surface area contributed by atoms with Crippen molar-refractivity contribution < 1.29 is 28.2 Å². The number of esters is 1. The van der Waals surface area contributed by atoms with E-state index < -0.39 is 23.8 Å². The van der Waals surface area contributed by atoms with Crippen LogP contribution in [-0.2, 0) is 14.3 Å². The maximum atomic E-state index is 13.2. The van der Waals surface area contributed by atoms with Gasteiger partial charge in [-0.3, -0.25) is 4.79 Å². The molecule has 0 bridgehead atoms. The van der Waals surface area contributed by atoms with Crippen molar-refractivity contribution in [3.8, 4) is 17.6 Å². The molecule has 2 rings (SSSR count). The van der Waals surface area contributed by atoms with E-state index in [1.807, 2.05) is 6.07 Å². The number of carbonyl (C=O) groups excluding carboxylic acids is 2. The molecule has 0 heterocycles. The summed E-state index contributed by atoms with van der Waals surface area (Å²) in [5.74, 6) is -1.00. The molecule has 150 valence electrons. The number of carbonyl (C=O) groups is 2. The molecular weight excluding hydrogens is 379 g/mol. The van der Waals surface area contributed by atoms with Crippen molar-refractivity contribution in [2.75, 3.05) is 19.0 Å². The van der Waals surface area contributed by atoms with E-state index in [-0.39, 0.29) is 12.3 Å². The van der Waals surface area contributed by atoms with Crippen LogP contribution in [0.25, 0.3) is 6.08 Å². The van der Waals surface area contributed by atoms with Gasteiger partial charge < -0.3 is 19.5 Å². The van der Waals surface area contributed by atoms with Crippen LogP contribution < -0.4 is 14.8 Å². The molecule has 0 radical (unpaired) electrons. The maximum Gasteiger partial charge on any atom is 0.331 e. The first-order valence-electron chi connectivity index (χ1n) is 8.56. The minimum absolute atomic E-state index is 0.118. The van der Waals surface area contributed by atoms with Crippen molar-refractivity contribution in [2.24, 2.45) is 0 Å². The minimum atomic E-state index is -1.08. The van der Waals surface area contributed by atoms with E-state index in [4.69, 9.17) is 19.5 Å². The highest BCUT2D eigenvalue weighted by Gasteiger charge is 2.17. The third-order valence-electron chi connectivity index (χ3n) is 3.65. The van der Waals surface area contributed by atoms with Gasteiger partial charge in [0.05, 0.1) is 7.11 Å². The number of hydrogen-bond acceptors (Lipinski definition) is 6. The molecule has 0 saturated carbocycles. The van der Waals surface area contributed by atoms with Crippen LogP contribution in [0.3, 0.4) is 0 Å². The zero-order valence-electron chi connectivity index (χ0n) is 15.8. The van der Waals surface area contributed by atoms with Crippen molar-refractivity contribution in [3.63, 3.8) is 0 Å². The standard InChI is InChI=1S/C21H19FN2O5/c1-14(21(26)24-17-5-3-4-16(22)13-17)29-20(25)9-7-15-6-8-18(28-11-10-23)19(12-15)27-2/h3-9,12-14H,11H2,1-2H3,(H,24,26)/b9-7+. The topological polar surface area (TPSA) is 97.7 Å². The lowest BCUT2D eigenvalue weighted by Crippen LogP contribution is -2.29. The highest BCUT2D eigenvalue weighted by atomic mass is 19.1. The Labute approximate surface area is 167 Å². The SMILES string of the molecule is COc1cc(/C=C/C(=O)OC(C)C(=O)Nc2cccc(F)c2)ccc1OCC#N. The average molecular weight is 398 g/mol. The molecule has 0 saturated heterocycles. The number of rotatable bonds is 8. The second-order valence-electron chi connectivity index (χ2n) is 5.77. The van der Waals surface area contributed by atoms with E-state index in [9.17, 15) is 14.0 Å². The molecule has 7 nitrogen and oxygen atoms in total. The Morgan fingerprint density at radius 1 is 1.24 bits per heavy atom. The largest absolute Gasteiger partial charge is 0.493 e. The molecule has 0 fully saturated rings. The second kappa shape index (κ2) is 10.5. The number of nitrogens with zero attached hydrogens (tertiary/aromatic N) is 1. The number of ether oxygens (including phenoxy) is 3. The summed E-state index contributed by atoms with van der Waals surface area (Å²) in [6.07, 6.45) is 1.57. The molecular formula is C21H19FN2O5. The number of amides is 1. The molecule has 1 unspecified atom stereocenters. The first-order valence-corrected chi connectivity index (χ1v) is 8.56. The van der Waals surface area contributed by atoms with Crippen molar-refractivity contribution in [1.82, 2.24) is 0 Å². The number of anilines is 1. The van der Waals surface area contributed by atoms with E-state index in [0.29, 0.717) is 17.1 Å². The Bertz CT molecular complexity index is 952. The van der Waals surface area contributed by atoms with Crippen LogP contribution in [-0.4, -0.2) is 31.7 Å². The van der Waals surface area contributed by atoms with E-state index in [0.717, 1.165) is 12.1 Å². The van der Waals surface area contributed by atoms with Gasteiger partial charge in [0.1, 0.15) is 11.9 Å². The Kier molecular flexibility index (Phi) is 7.74. The molecule has 2 aromatic rings. The van der Waals surface area contributed by atoms with Crippen LogP contribution >= 0.6 is 0 Å². The zero-order valence-corrected chi connectivity index (χ0v) is 15.8. The van der Waals surface area contributed by atoms with E-state index in [1.54, 1.807) is 18.2 Å². The lowest BCUT2D eigenvalue weighted by Gasteiger charge is -2.12. The fraction of sp³-hybridized carbons (Fsp3) is 0.190. The fourth-order valence-corrected chi connectivity index (χ4v) is 2.26. The van der Waals surface area contributed by atoms with Crippen molar-refractivity contribution in [2.45, 2.75) is 13.0 Å². The van der Waals surface area contributed by atoms with Crippen LogP contribution in [0.1, 0.15) is 12.5 Å². The highest BCUT2D eigenvalue weighted by molar-refractivity contribution is 5.96.